The van der Waals surface area contributed by atoms with E-state index in [9.17, 15) is 43.8 Å². The van der Waals surface area contributed by atoms with E-state index < -0.39 is 40.7 Å². The van der Waals surface area contributed by atoms with Crippen molar-refractivity contribution in [2.75, 3.05) is 140 Å². The van der Waals surface area contributed by atoms with Gasteiger partial charge in [-0.05, 0) is 115 Å². The topological polar surface area (TPSA) is 187 Å². The molecule has 0 aliphatic rings. The summed E-state index contributed by atoms with van der Waals surface area (Å²) in [5.41, 5.74) is 5.55. The van der Waals surface area contributed by atoms with E-state index in [1.165, 1.54) is 94.4 Å². The highest BCUT2D eigenvalue weighted by atomic mass is 33.1. The summed E-state index contributed by atoms with van der Waals surface area (Å²) in [6.07, 6.45) is 19.5. The third kappa shape index (κ3) is 296. The number of allylic oxidation sites excluding steroid dienone is 4. The molecule has 0 aromatic heterocycles. The molecule has 0 radical (unpaired) electrons. The molecule has 0 saturated carbocycles. The molecule has 22 heteroatoms. The van der Waals surface area contributed by atoms with Crippen molar-refractivity contribution < 1.29 is 43.8 Å². The largest absolute Gasteiger partial charge is 0.349 e. The van der Waals surface area contributed by atoms with Crippen LogP contribution in [-0.4, -0.2) is 210 Å². The maximum Gasteiger partial charge on any atom is 0.218 e. The molecule has 1 aromatic carbocycles. The monoisotopic (exact) mass is 1190 g/mol. The number of ketones is 1. The van der Waals surface area contributed by atoms with Crippen LogP contribution in [0, 0.1) is 6.92 Å². The molecule has 0 fully saturated rings. The molecule has 0 bridgehead atoms. The van der Waals surface area contributed by atoms with Crippen LogP contribution in [0.1, 0.15) is 116 Å². The fourth-order valence-corrected chi connectivity index (χ4v) is 0.534. The Kier molecular flexibility index (Phi) is 116. The van der Waals surface area contributed by atoms with Crippen LogP contribution in [0.15, 0.2) is 53.1 Å². The summed E-state index contributed by atoms with van der Waals surface area (Å²) in [5.74, 6) is 0.352. The zero-order valence-corrected chi connectivity index (χ0v) is 59.6. The van der Waals surface area contributed by atoms with Crippen molar-refractivity contribution in [1.29, 1.82) is 0 Å². The summed E-state index contributed by atoms with van der Waals surface area (Å²) in [5, 5.41) is 0. The van der Waals surface area contributed by atoms with E-state index in [4.69, 9.17) is 0 Å². The van der Waals surface area contributed by atoms with Crippen LogP contribution in [0.4, 0.5) is 0 Å². The number of sulfone groups is 1. The molecule has 0 heterocycles. The smallest absolute Gasteiger partial charge is 0.218 e. The number of sulfonamides is 2. The number of carbonyl (C=O) groups excluding carboxylic acids is 3. The fourth-order valence-electron chi connectivity index (χ4n) is 0.534. The summed E-state index contributed by atoms with van der Waals surface area (Å²) in [7, 11) is 13.3. The molecule has 1 rings (SSSR count). The lowest BCUT2D eigenvalue weighted by atomic mass is 10.2. The van der Waals surface area contributed by atoms with Gasteiger partial charge >= 0.3 is 0 Å². The Morgan fingerprint density at radius 1 is 0.548 bits per heavy atom. The van der Waals surface area contributed by atoms with E-state index in [1.807, 2.05) is 77.5 Å². The Morgan fingerprint density at radius 2 is 0.671 bits per heavy atom. The molecule has 0 atom stereocenters. The molecular weight excluding hydrogens is 1070 g/mol. The maximum atomic E-state index is 10.3. The van der Waals surface area contributed by atoms with Crippen LogP contribution < -0.4 is 0 Å². The van der Waals surface area contributed by atoms with Crippen LogP contribution in [0.25, 0.3) is 0 Å². The van der Waals surface area contributed by atoms with Crippen molar-refractivity contribution in [3.05, 3.63) is 58.7 Å². The Labute approximate surface area is 471 Å². The molecule has 0 spiro atoms. The first-order valence-electron chi connectivity index (χ1n) is 22.7. The number of aryl methyl sites for hydroxylation is 1. The zero-order chi connectivity index (χ0) is 63.1. The van der Waals surface area contributed by atoms with Gasteiger partial charge in [-0.25, -0.2) is 33.9 Å². The minimum atomic E-state index is -2.91. The average Bonchev–Trinajstić information content (AvgIpc) is 3.19. The summed E-state index contributed by atoms with van der Waals surface area (Å²) >= 11 is 1.75. The maximum absolute atomic E-state index is 10.3. The van der Waals surface area contributed by atoms with E-state index in [-0.39, 0.29) is 17.6 Å². The summed E-state index contributed by atoms with van der Waals surface area (Å²) in [4.78, 5) is 34.6. The molecule has 0 saturated heterocycles. The first-order chi connectivity index (χ1) is 32.4. The van der Waals surface area contributed by atoms with Gasteiger partial charge in [0.25, 0.3) is 0 Å². The SMILES string of the molecule is CC.CC(=O)N(C)C.CC(=O)N(C)C.CC(C)=C(C)C.CC(C)=O.CC=C(C)C.CCC.CN(C)C.CN(C)S(C)(=O)=O.CN(C)S(C)(=O)=O.CS(C)(=O)=O.CS(C)=O.CSC.CSSC.Cc1ccccc1. The molecule has 0 aliphatic carbocycles. The number of nitrogens with zero attached hydrogens (tertiary/aromatic N) is 5. The normalized spacial score (nSPS) is 8.78. The number of carbonyl (C=O) groups is 3. The van der Waals surface area contributed by atoms with Gasteiger partial charge in [0.05, 0.1) is 12.5 Å². The van der Waals surface area contributed by atoms with Gasteiger partial charge in [-0.2, -0.15) is 11.8 Å². The summed E-state index contributed by atoms with van der Waals surface area (Å²) < 4.78 is 72.2. The van der Waals surface area contributed by atoms with Crippen molar-refractivity contribution in [2.45, 2.75) is 117 Å². The lowest BCUT2D eigenvalue weighted by molar-refractivity contribution is -0.127. The number of hydrogen-bond acceptors (Lipinski definition) is 14. The Bertz CT molecular complexity index is 1590. The van der Waals surface area contributed by atoms with Gasteiger partial charge in [-0.3, -0.25) is 13.8 Å². The summed E-state index contributed by atoms with van der Waals surface area (Å²) in [6.45, 7) is 31.1. The highest BCUT2D eigenvalue weighted by Gasteiger charge is 2.01. The molecule has 450 valence electrons. The molecular formula is C51H119N5O10S7. The molecule has 0 N–H and O–H groups in total. The second-order valence-electron chi connectivity index (χ2n) is 16.5. The van der Waals surface area contributed by atoms with Gasteiger partial charge in [0.1, 0.15) is 15.6 Å². The van der Waals surface area contributed by atoms with Crippen molar-refractivity contribution in [3.63, 3.8) is 0 Å². The Morgan fingerprint density at radius 3 is 0.699 bits per heavy atom. The third-order valence-electron chi connectivity index (χ3n) is 5.27. The highest BCUT2D eigenvalue weighted by Crippen LogP contribution is 2.09. The average molecular weight is 1190 g/mol. The standard InChI is InChI=1S/C7H8.C6H12.C5H10.2C4H9NO.2C3H9NO2S.C3H9N.C3H6O.C3H8.C2H6O2S.C2H6OS.C2H6S2.C2H6S.C2H6/c1-7-5-3-2-4-6-7;1-5(2)6(3)4;1-4-5(2)3;2*1-4(6)5(2)3;2*1-4(2)7(3,5)6;1-4(2)3;1-3(2)4;1-3-2;1-5(2,3)4;1-4(2)3;1-3-4-2;1-3-2;1-2/h2-6H,1H3;1-4H3;4H,1-3H3;2*1-3H3;2*1-3H3;1-3H3;1-2H3;3H2,1-2H3;1-2H3;2*1-2H3;1-2H3;1-2H3. The van der Waals surface area contributed by atoms with Crippen LogP contribution in [0.3, 0.4) is 0 Å². The van der Waals surface area contributed by atoms with Crippen molar-refractivity contribution in [1.82, 2.24) is 23.3 Å². The predicted octanol–water partition coefficient (Wildman–Crippen LogP) is 11.0. The summed E-state index contributed by atoms with van der Waals surface area (Å²) in [6, 6.07) is 10.3. The highest BCUT2D eigenvalue weighted by molar-refractivity contribution is 8.76. The second-order valence-corrected chi connectivity index (χ2v) is 28.2. The van der Waals surface area contributed by atoms with Crippen molar-refractivity contribution in [2.24, 2.45) is 0 Å². The van der Waals surface area contributed by atoms with Gasteiger partial charge in [-0.15, -0.1) is 0 Å². The van der Waals surface area contributed by atoms with Crippen molar-refractivity contribution in [3.8, 4) is 0 Å². The molecule has 15 nitrogen and oxygen atoms in total. The molecule has 73 heavy (non-hydrogen) atoms. The molecule has 0 unspecified atom stereocenters. The van der Waals surface area contributed by atoms with E-state index in [0.717, 1.165) is 33.6 Å². The minimum absolute atomic E-state index is 0.0926. The van der Waals surface area contributed by atoms with Crippen LogP contribution in [-0.2, 0) is 55.1 Å². The minimum Gasteiger partial charge on any atom is -0.349 e. The van der Waals surface area contributed by atoms with E-state index in [2.05, 4.69) is 93.0 Å². The van der Waals surface area contributed by atoms with Crippen LogP contribution in [0.5, 0.6) is 0 Å². The lowest BCUT2D eigenvalue weighted by Crippen LogP contribution is -2.19. The number of thioether (sulfide) groups is 1. The number of amides is 2. The number of rotatable bonds is 3. The van der Waals surface area contributed by atoms with Gasteiger partial charge < -0.3 is 19.5 Å². The number of benzene rings is 1. The van der Waals surface area contributed by atoms with Gasteiger partial charge in [0.15, 0.2) is 0 Å². The van der Waals surface area contributed by atoms with Crippen molar-refractivity contribution >= 4 is 91.6 Å². The third-order valence-corrected chi connectivity index (χ3v) is 9.26. The molecule has 1 aromatic rings. The van der Waals surface area contributed by atoms with E-state index in [0.29, 0.717) is 0 Å². The van der Waals surface area contributed by atoms with E-state index >= 15 is 0 Å². The van der Waals surface area contributed by atoms with Gasteiger partial charge in [0, 0.05) is 106 Å². The van der Waals surface area contributed by atoms with Crippen LogP contribution >= 0.6 is 33.3 Å². The number of Topliss-reactive ketones (excluding diaryl/α,β-unsaturated/α-hetero) is 1. The Hall–Kier alpha value is -1.76. The van der Waals surface area contributed by atoms with Gasteiger partial charge in [0.2, 0.25) is 31.9 Å². The first kappa shape index (κ1) is 107. The molecule has 2 amide bonds. The second kappa shape index (κ2) is 79.1. The fraction of sp³-hybridized carbons (Fsp3) is 0.745. The first-order valence-corrected chi connectivity index (χ1v) is 35.3. The number of hydrogen-bond donors (Lipinski definition) is 0. The van der Waals surface area contributed by atoms with E-state index in [1.54, 1.807) is 74.1 Å². The Balaban J connectivity index is -0.0000000430. The quantitative estimate of drug-likeness (QED) is 0.205. The lowest BCUT2D eigenvalue weighted by Gasteiger charge is -2.02. The zero-order valence-electron chi connectivity index (χ0n) is 53.8. The molecule has 0 aliphatic heterocycles. The van der Waals surface area contributed by atoms with Gasteiger partial charge in [-0.1, -0.05) is 114 Å². The predicted molar refractivity (Wildman–Crippen MR) is 342 cm³/mol. The van der Waals surface area contributed by atoms with Crippen LogP contribution in [0.2, 0.25) is 0 Å².